The predicted molar refractivity (Wildman–Crippen MR) is 145 cm³/mol. The fourth-order valence-electron chi connectivity index (χ4n) is 5.15. The molecule has 1 aliphatic rings. The predicted octanol–water partition coefficient (Wildman–Crippen LogP) is 5.33. The summed E-state index contributed by atoms with van der Waals surface area (Å²) in [6.45, 7) is 0. The van der Waals surface area contributed by atoms with Gasteiger partial charge in [-0.05, 0) is 54.3 Å². The zero-order valence-corrected chi connectivity index (χ0v) is 21.2. The van der Waals surface area contributed by atoms with E-state index in [4.69, 9.17) is 14.5 Å². The van der Waals surface area contributed by atoms with E-state index in [9.17, 15) is 19.5 Å². The van der Waals surface area contributed by atoms with Crippen LogP contribution in [0.5, 0.6) is 0 Å². The molecule has 1 aliphatic carbocycles. The molecule has 1 atom stereocenters. The molecule has 4 aromatic rings. The van der Waals surface area contributed by atoms with Crippen molar-refractivity contribution in [3.63, 3.8) is 0 Å². The molecule has 1 saturated carbocycles. The maximum absolute atomic E-state index is 13.1. The zero-order valence-electron chi connectivity index (χ0n) is 21.2. The lowest BCUT2D eigenvalue weighted by molar-refractivity contribution is -0.139. The number of aliphatic carboxylic acids is 2. The van der Waals surface area contributed by atoms with E-state index in [2.05, 4.69) is 9.88 Å². The van der Waals surface area contributed by atoms with Gasteiger partial charge in [-0.15, -0.1) is 0 Å². The Kier molecular flexibility index (Phi) is 7.58. The van der Waals surface area contributed by atoms with Crippen molar-refractivity contribution in [2.24, 2.45) is 0 Å². The summed E-state index contributed by atoms with van der Waals surface area (Å²) in [6.07, 6.45) is 11.5. The first kappa shape index (κ1) is 26.0. The molecule has 9 heteroatoms. The number of carboxylic acids is 2. The first-order chi connectivity index (χ1) is 18.9. The maximum Gasteiger partial charge on any atom is 0.328 e. The first-order valence-electron chi connectivity index (χ1n) is 13.0. The lowest BCUT2D eigenvalue weighted by Gasteiger charge is -2.25. The number of furan rings is 1. The molecule has 0 unspecified atom stereocenters. The molecule has 5 rings (SSSR count). The van der Waals surface area contributed by atoms with E-state index < -0.39 is 23.9 Å². The highest BCUT2D eigenvalue weighted by Gasteiger charge is 2.25. The minimum atomic E-state index is -1.15. The molecule has 39 heavy (non-hydrogen) atoms. The van der Waals surface area contributed by atoms with Gasteiger partial charge in [0.25, 0.3) is 5.91 Å². The van der Waals surface area contributed by atoms with Gasteiger partial charge in [0.15, 0.2) is 0 Å². The van der Waals surface area contributed by atoms with Crippen LogP contribution in [0.3, 0.4) is 0 Å². The molecular weight excluding hydrogens is 498 g/mol. The molecule has 1 amide bonds. The number of fused-ring (bicyclic) bond motifs is 1. The SMILES string of the molecule is O=C(O)/C=C/c1ccc(C[C@H](NC(=O)c2ccc3c(c2)nc(-c2ccoc2)n3C2CCCCC2)C(=O)O)cc1. The summed E-state index contributed by atoms with van der Waals surface area (Å²) in [5.41, 5.74) is 4.17. The van der Waals surface area contributed by atoms with Crippen LogP contribution < -0.4 is 5.32 Å². The number of rotatable bonds is 9. The lowest BCUT2D eigenvalue weighted by atomic mass is 9.95. The number of benzene rings is 2. The summed E-state index contributed by atoms with van der Waals surface area (Å²) < 4.78 is 7.56. The molecule has 9 nitrogen and oxygen atoms in total. The number of nitrogens with zero attached hydrogens (tertiary/aromatic N) is 2. The topological polar surface area (TPSA) is 135 Å². The summed E-state index contributed by atoms with van der Waals surface area (Å²) in [5.74, 6) is -1.90. The van der Waals surface area contributed by atoms with Gasteiger partial charge in [-0.25, -0.2) is 14.6 Å². The highest BCUT2D eigenvalue weighted by molar-refractivity contribution is 5.99. The van der Waals surface area contributed by atoms with Crippen LogP contribution >= 0.6 is 0 Å². The summed E-state index contributed by atoms with van der Waals surface area (Å²) in [6, 6.07) is 13.2. The van der Waals surface area contributed by atoms with Crippen LogP contribution in [0, 0.1) is 0 Å². The van der Waals surface area contributed by atoms with Crippen molar-refractivity contribution >= 4 is 35.0 Å². The third-order valence-corrected chi connectivity index (χ3v) is 7.11. The van der Waals surface area contributed by atoms with Crippen molar-refractivity contribution < 1.29 is 29.0 Å². The van der Waals surface area contributed by atoms with Crippen LogP contribution in [-0.4, -0.2) is 43.7 Å². The fraction of sp³-hybridized carbons (Fsp3) is 0.267. The van der Waals surface area contributed by atoms with Crippen LogP contribution in [-0.2, 0) is 16.0 Å². The van der Waals surface area contributed by atoms with Crippen LogP contribution in [0.1, 0.15) is 59.6 Å². The van der Waals surface area contributed by atoms with Crippen molar-refractivity contribution in [3.05, 3.63) is 83.8 Å². The summed E-state index contributed by atoms with van der Waals surface area (Å²) in [4.78, 5) is 40.6. The number of amides is 1. The Hall–Kier alpha value is -4.66. The Morgan fingerprint density at radius 1 is 1.05 bits per heavy atom. The average Bonchev–Trinajstić information content (AvgIpc) is 3.60. The molecule has 0 spiro atoms. The summed E-state index contributed by atoms with van der Waals surface area (Å²) in [5, 5.41) is 21.2. The molecule has 0 saturated heterocycles. The maximum atomic E-state index is 13.1. The van der Waals surface area contributed by atoms with Gasteiger partial charge in [0.05, 0.1) is 22.9 Å². The second-order valence-electron chi connectivity index (χ2n) is 9.79. The Balaban J connectivity index is 1.37. The lowest BCUT2D eigenvalue weighted by Crippen LogP contribution is -2.42. The highest BCUT2D eigenvalue weighted by Crippen LogP contribution is 2.36. The van der Waals surface area contributed by atoms with Gasteiger partial charge >= 0.3 is 11.9 Å². The number of carboxylic acid groups (broad SMARTS) is 2. The number of hydrogen-bond donors (Lipinski definition) is 3. The van der Waals surface area contributed by atoms with Gasteiger partial charge < -0.3 is 24.5 Å². The Labute approximate surface area is 224 Å². The highest BCUT2D eigenvalue weighted by atomic mass is 16.4. The van der Waals surface area contributed by atoms with Crippen molar-refractivity contribution in [3.8, 4) is 11.4 Å². The average molecular weight is 528 g/mol. The second-order valence-corrected chi connectivity index (χ2v) is 9.79. The van der Waals surface area contributed by atoms with Crippen LogP contribution in [0.4, 0.5) is 0 Å². The summed E-state index contributed by atoms with van der Waals surface area (Å²) >= 11 is 0. The molecule has 3 N–H and O–H groups in total. The third kappa shape index (κ3) is 5.93. The van der Waals surface area contributed by atoms with Gasteiger partial charge in [-0.3, -0.25) is 4.79 Å². The minimum absolute atomic E-state index is 0.0766. The Morgan fingerprint density at radius 2 is 1.82 bits per heavy atom. The third-order valence-electron chi connectivity index (χ3n) is 7.11. The summed E-state index contributed by atoms with van der Waals surface area (Å²) in [7, 11) is 0. The van der Waals surface area contributed by atoms with Gasteiger partial charge in [0, 0.05) is 24.1 Å². The number of imidazole rings is 1. The normalized spacial score (nSPS) is 15.0. The zero-order chi connectivity index (χ0) is 27.4. The van der Waals surface area contributed by atoms with Gasteiger partial charge in [-0.2, -0.15) is 0 Å². The largest absolute Gasteiger partial charge is 0.480 e. The van der Waals surface area contributed by atoms with E-state index in [-0.39, 0.29) is 6.42 Å². The molecule has 200 valence electrons. The Bertz CT molecular complexity index is 1510. The van der Waals surface area contributed by atoms with Crippen LogP contribution in [0.2, 0.25) is 0 Å². The molecule has 0 bridgehead atoms. The smallest absolute Gasteiger partial charge is 0.328 e. The molecule has 1 fully saturated rings. The molecule has 2 aromatic carbocycles. The number of carbonyl (C=O) groups excluding carboxylic acids is 1. The van der Waals surface area contributed by atoms with E-state index in [0.717, 1.165) is 48.7 Å². The van der Waals surface area contributed by atoms with Crippen molar-refractivity contribution in [1.29, 1.82) is 0 Å². The molecule has 2 heterocycles. The van der Waals surface area contributed by atoms with Gasteiger partial charge in [-0.1, -0.05) is 43.5 Å². The van der Waals surface area contributed by atoms with Gasteiger partial charge in [0.1, 0.15) is 18.1 Å². The van der Waals surface area contributed by atoms with E-state index in [1.807, 2.05) is 12.1 Å². The van der Waals surface area contributed by atoms with E-state index in [0.29, 0.717) is 28.2 Å². The Morgan fingerprint density at radius 3 is 2.49 bits per heavy atom. The number of hydrogen-bond acceptors (Lipinski definition) is 5. The van der Waals surface area contributed by atoms with E-state index in [1.165, 1.54) is 12.5 Å². The van der Waals surface area contributed by atoms with E-state index >= 15 is 0 Å². The molecule has 2 aromatic heterocycles. The number of aromatic nitrogens is 2. The van der Waals surface area contributed by atoms with Gasteiger partial charge in [0.2, 0.25) is 0 Å². The number of carbonyl (C=O) groups is 3. The first-order valence-corrected chi connectivity index (χ1v) is 13.0. The van der Waals surface area contributed by atoms with Crippen molar-refractivity contribution in [2.75, 3.05) is 0 Å². The van der Waals surface area contributed by atoms with Crippen molar-refractivity contribution in [1.82, 2.24) is 14.9 Å². The monoisotopic (exact) mass is 527 g/mol. The molecule has 0 radical (unpaired) electrons. The van der Waals surface area contributed by atoms with E-state index in [1.54, 1.807) is 48.9 Å². The van der Waals surface area contributed by atoms with Crippen LogP contribution in [0.15, 0.2) is 71.6 Å². The second kappa shape index (κ2) is 11.4. The fourth-order valence-corrected chi connectivity index (χ4v) is 5.15. The minimum Gasteiger partial charge on any atom is -0.480 e. The van der Waals surface area contributed by atoms with Crippen LogP contribution in [0.25, 0.3) is 28.5 Å². The quantitative estimate of drug-likeness (QED) is 0.251. The molecular formula is C30H29N3O6. The van der Waals surface area contributed by atoms with Crippen molar-refractivity contribution in [2.45, 2.75) is 50.6 Å². The number of nitrogens with one attached hydrogen (secondary N) is 1. The standard InChI is InChI=1S/C30H29N3O6/c34-27(35)13-10-19-6-8-20(9-7-19)16-25(30(37)38)32-29(36)21-11-12-26-24(17-21)31-28(22-14-15-39-18-22)33(26)23-4-2-1-3-5-23/h6-15,17-18,23,25H,1-5,16H2,(H,32,36)(H,34,35)(H,37,38)/b13-10+/t25-/m0/s1. The molecule has 0 aliphatic heterocycles.